The van der Waals surface area contributed by atoms with Gasteiger partial charge in [-0.1, -0.05) is 31.2 Å². The third kappa shape index (κ3) is 5.20. The van der Waals surface area contributed by atoms with E-state index in [9.17, 15) is 15.0 Å². The normalized spacial score (nSPS) is 16.2. The second-order valence-electron chi connectivity index (χ2n) is 8.19. The van der Waals surface area contributed by atoms with Crippen molar-refractivity contribution in [2.75, 3.05) is 12.3 Å². The fourth-order valence-corrected chi connectivity index (χ4v) is 5.05. The summed E-state index contributed by atoms with van der Waals surface area (Å²) in [7, 11) is 0. The Morgan fingerprint density at radius 2 is 1.97 bits per heavy atom. The number of carbonyl (C=O) groups excluding carboxylic acids is 1. The molecule has 1 heterocycles. The molecule has 0 atom stereocenters. The van der Waals surface area contributed by atoms with Crippen molar-refractivity contribution in [3.8, 4) is 0 Å². The quantitative estimate of drug-likeness (QED) is 0.284. The minimum Gasteiger partial charge on any atom is -0.396 e. The number of amides is 1. The van der Waals surface area contributed by atoms with E-state index in [0.717, 1.165) is 24.2 Å². The molecule has 4 N–H and O–H groups in total. The lowest BCUT2D eigenvalue weighted by molar-refractivity contribution is -0.116. The Balaban J connectivity index is 1.90. The van der Waals surface area contributed by atoms with Crippen LogP contribution in [0, 0.1) is 12.3 Å². The summed E-state index contributed by atoms with van der Waals surface area (Å²) >= 11 is 0.616. The number of benzene rings is 1. The Morgan fingerprint density at radius 1 is 1.32 bits per heavy atom. The molecule has 31 heavy (non-hydrogen) atoms. The van der Waals surface area contributed by atoms with E-state index >= 15 is 0 Å². The number of anilines is 1. The lowest BCUT2D eigenvalue weighted by atomic mass is 9.88. The monoisotopic (exact) mass is 442 g/mol. The van der Waals surface area contributed by atoms with Crippen molar-refractivity contribution in [1.82, 2.24) is 14.9 Å². The standard InChI is InChI=1S/C23H30N4O3S/c1-15(27(14-29)13-19-12-25-16(2)26-21(19)24)20(8-9-28)31-22(30)23(3)10-17-6-4-5-7-18(17)11-23/h4-7,12,14,28,30-31H,8-11,13H2,1-3H3,(H2,24,25,26)/b20-15-. The van der Waals surface area contributed by atoms with Crippen molar-refractivity contribution in [2.24, 2.45) is 5.41 Å². The molecule has 1 aliphatic rings. The van der Waals surface area contributed by atoms with Crippen LogP contribution in [-0.4, -0.2) is 43.1 Å². The van der Waals surface area contributed by atoms with Crippen LogP contribution in [0.4, 0.5) is 5.82 Å². The molecule has 0 unspecified atom stereocenters. The van der Waals surface area contributed by atoms with Gasteiger partial charge < -0.3 is 20.8 Å². The molecule has 1 amide bonds. The lowest BCUT2D eigenvalue weighted by Gasteiger charge is -2.25. The first kappa shape index (κ1) is 23.1. The summed E-state index contributed by atoms with van der Waals surface area (Å²) in [6, 6.07) is 8.23. The van der Waals surface area contributed by atoms with Crippen LogP contribution >= 0.6 is 11.4 Å². The topological polar surface area (TPSA) is 113 Å². The average molecular weight is 443 g/mol. The zero-order chi connectivity index (χ0) is 22.6. The van der Waals surface area contributed by atoms with E-state index in [1.807, 2.05) is 19.1 Å². The molecule has 0 saturated carbocycles. The molecule has 3 rings (SSSR count). The molecule has 0 aliphatic heterocycles. The van der Waals surface area contributed by atoms with Crippen LogP contribution < -0.4 is 5.73 Å². The molecule has 2 aromatic rings. The Hall–Kier alpha value is -2.55. The van der Waals surface area contributed by atoms with Gasteiger partial charge in [0.1, 0.15) is 11.6 Å². The number of hydrogen-bond donors (Lipinski definition) is 4. The largest absolute Gasteiger partial charge is 0.396 e. The van der Waals surface area contributed by atoms with Crippen LogP contribution in [0.3, 0.4) is 0 Å². The summed E-state index contributed by atoms with van der Waals surface area (Å²) in [4.78, 5) is 22.5. The number of allylic oxidation sites excluding steroid dienone is 1. The highest BCUT2D eigenvalue weighted by molar-refractivity contribution is 8.02. The summed E-state index contributed by atoms with van der Waals surface area (Å²) in [5.41, 5.74) is 9.43. The number of rotatable bonds is 8. The predicted octanol–water partition coefficient (Wildman–Crippen LogP) is 2.90. The van der Waals surface area contributed by atoms with Crippen molar-refractivity contribution >= 4 is 28.6 Å². The van der Waals surface area contributed by atoms with Gasteiger partial charge in [-0.25, -0.2) is 9.97 Å². The first-order valence-electron chi connectivity index (χ1n) is 10.2. The maximum atomic E-state index is 11.9. The molecule has 0 saturated heterocycles. The van der Waals surface area contributed by atoms with Crippen LogP contribution in [0.15, 0.2) is 41.1 Å². The molecule has 1 aliphatic carbocycles. The highest BCUT2D eigenvalue weighted by Crippen LogP contribution is 2.39. The van der Waals surface area contributed by atoms with Gasteiger partial charge in [0.15, 0.2) is 0 Å². The second kappa shape index (κ2) is 9.72. The van der Waals surface area contributed by atoms with Gasteiger partial charge in [-0.05, 0) is 42.7 Å². The van der Waals surface area contributed by atoms with Crippen molar-refractivity contribution < 1.29 is 15.0 Å². The number of nitrogen functional groups attached to an aromatic ring is 1. The van der Waals surface area contributed by atoms with E-state index in [0.29, 0.717) is 45.7 Å². The first-order valence-corrected chi connectivity index (χ1v) is 11.1. The summed E-state index contributed by atoms with van der Waals surface area (Å²) in [5.74, 6) is 0.898. The minimum absolute atomic E-state index is 0.0770. The van der Waals surface area contributed by atoms with E-state index in [2.05, 4.69) is 29.0 Å². The number of aryl methyl sites for hydroxylation is 1. The van der Waals surface area contributed by atoms with Gasteiger partial charge in [0.05, 0.1) is 11.6 Å². The highest BCUT2D eigenvalue weighted by atomic mass is 32.1. The number of hydrogen-bond acceptors (Lipinski definition) is 5. The van der Waals surface area contributed by atoms with Crippen LogP contribution in [-0.2, 0) is 24.2 Å². The van der Waals surface area contributed by atoms with Crippen LogP contribution in [0.1, 0.15) is 42.8 Å². The number of nitrogens with zero attached hydrogens (tertiary/aromatic N) is 3. The van der Waals surface area contributed by atoms with Crippen LogP contribution in [0.2, 0.25) is 0 Å². The Bertz CT molecular complexity index is 1010. The molecular formula is C23H30N4O3S. The molecule has 0 spiro atoms. The number of aliphatic hydroxyl groups is 2. The molecular weight excluding hydrogens is 412 g/mol. The van der Waals surface area contributed by atoms with Gasteiger partial charge in [0.2, 0.25) is 6.41 Å². The van der Waals surface area contributed by atoms with Crippen molar-refractivity contribution in [3.05, 3.63) is 63.6 Å². The Kier molecular flexibility index (Phi) is 7.25. The van der Waals surface area contributed by atoms with E-state index in [-0.39, 0.29) is 18.6 Å². The summed E-state index contributed by atoms with van der Waals surface area (Å²) in [6.07, 6.45) is 4.23. The smallest absolute Gasteiger partial charge is 0.214 e. The number of thiol groups is 1. The SMILES string of the molecule is C/C(=C(CCO)/[SH]=C(\O)C1(C)Cc2ccccc2C1)N(C=O)Cc1cnc(C)nc1N. The van der Waals surface area contributed by atoms with Crippen molar-refractivity contribution in [1.29, 1.82) is 0 Å². The Morgan fingerprint density at radius 3 is 2.52 bits per heavy atom. The fourth-order valence-electron chi connectivity index (χ4n) is 3.87. The number of carbonyl (C=O) groups is 1. The Labute approximate surface area is 186 Å². The molecule has 0 bridgehead atoms. The second-order valence-corrected chi connectivity index (χ2v) is 9.37. The third-order valence-corrected chi connectivity index (χ3v) is 7.31. The lowest BCUT2D eigenvalue weighted by Crippen LogP contribution is -2.27. The zero-order valence-electron chi connectivity index (χ0n) is 18.2. The molecule has 7 nitrogen and oxygen atoms in total. The summed E-state index contributed by atoms with van der Waals surface area (Å²) in [5, 5.41) is 21.0. The highest BCUT2D eigenvalue weighted by Gasteiger charge is 2.36. The van der Waals surface area contributed by atoms with E-state index in [1.54, 1.807) is 13.1 Å². The van der Waals surface area contributed by atoms with Crippen molar-refractivity contribution in [3.63, 3.8) is 0 Å². The number of nitrogens with two attached hydrogens (primary N) is 1. The predicted molar refractivity (Wildman–Crippen MR) is 126 cm³/mol. The number of aromatic nitrogens is 2. The summed E-state index contributed by atoms with van der Waals surface area (Å²) in [6.45, 7) is 5.77. The zero-order valence-corrected chi connectivity index (χ0v) is 19.1. The van der Waals surface area contributed by atoms with Gasteiger partial charge in [0, 0.05) is 35.9 Å². The fraction of sp³-hybridized carbons (Fsp3) is 0.391. The molecule has 8 heteroatoms. The van der Waals surface area contributed by atoms with Gasteiger partial charge in [-0.2, -0.15) is 0 Å². The molecule has 0 fully saturated rings. The first-order chi connectivity index (χ1) is 14.8. The van der Waals surface area contributed by atoms with E-state index in [4.69, 9.17) is 5.73 Å². The van der Waals surface area contributed by atoms with Crippen LogP contribution in [0.25, 0.3) is 0 Å². The maximum absolute atomic E-state index is 11.9. The maximum Gasteiger partial charge on any atom is 0.214 e. The van der Waals surface area contributed by atoms with Gasteiger partial charge >= 0.3 is 0 Å². The number of aliphatic hydroxyl groups excluding tert-OH is 2. The molecule has 1 aromatic heterocycles. The van der Waals surface area contributed by atoms with Gasteiger partial charge in [0.25, 0.3) is 0 Å². The van der Waals surface area contributed by atoms with Gasteiger partial charge in [-0.15, -0.1) is 11.4 Å². The average Bonchev–Trinajstić information content (AvgIpc) is 3.10. The third-order valence-electron chi connectivity index (χ3n) is 5.74. The molecule has 0 radical (unpaired) electrons. The van der Waals surface area contributed by atoms with Crippen molar-refractivity contribution in [2.45, 2.75) is 46.6 Å². The summed E-state index contributed by atoms with van der Waals surface area (Å²) < 4.78 is 0. The van der Waals surface area contributed by atoms with Crippen LogP contribution in [0.5, 0.6) is 0 Å². The van der Waals surface area contributed by atoms with Gasteiger partial charge in [-0.3, -0.25) is 4.79 Å². The number of fused-ring (bicyclic) bond motifs is 1. The minimum atomic E-state index is -0.381. The van der Waals surface area contributed by atoms with E-state index < -0.39 is 0 Å². The van der Waals surface area contributed by atoms with E-state index in [1.165, 1.54) is 16.0 Å². The molecule has 1 aromatic carbocycles. The molecule has 166 valence electrons.